The molecule has 1 fully saturated rings. The van der Waals surface area contributed by atoms with Gasteiger partial charge in [-0.15, -0.1) is 0 Å². The molecular formula is C17H21F2NO5. The number of hydrogen-bond acceptors (Lipinski definition) is 4. The number of carboxylic acids is 1. The summed E-state index contributed by atoms with van der Waals surface area (Å²) in [5.74, 6) is -3.38. The molecule has 0 aromatic heterocycles. The fourth-order valence-electron chi connectivity index (χ4n) is 3.01. The summed E-state index contributed by atoms with van der Waals surface area (Å²) in [6.45, 7) is 0.596. The average molecular weight is 357 g/mol. The number of carbonyl (C=O) groups excluding carboxylic acids is 1. The normalized spacial score (nSPS) is 17.7. The number of carbonyl (C=O) groups is 2. The second-order valence-electron chi connectivity index (χ2n) is 5.96. The second kappa shape index (κ2) is 8.35. The number of hydrogen-bond donors (Lipinski definition) is 2. The van der Waals surface area contributed by atoms with Gasteiger partial charge in [-0.2, -0.15) is 0 Å². The highest BCUT2D eigenvalue weighted by molar-refractivity contribution is 5.91. The molecule has 1 saturated heterocycles. The van der Waals surface area contributed by atoms with Crippen molar-refractivity contribution in [2.45, 2.75) is 30.7 Å². The minimum atomic E-state index is -1.29. The van der Waals surface area contributed by atoms with Crippen molar-refractivity contribution in [3.05, 3.63) is 35.4 Å². The number of benzene rings is 1. The average Bonchev–Trinajstić information content (AvgIpc) is 2.58. The summed E-state index contributed by atoms with van der Waals surface area (Å²) in [4.78, 5) is 24.3. The zero-order valence-corrected chi connectivity index (χ0v) is 13.9. The molecule has 2 rings (SSSR count). The van der Waals surface area contributed by atoms with Gasteiger partial charge in [0.15, 0.2) is 0 Å². The molecule has 1 unspecified atom stereocenters. The van der Waals surface area contributed by atoms with Crippen molar-refractivity contribution < 1.29 is 33.0 Å². The molecule has 0 saturated carbocycles. The Morgan fingerprint density at radius 2 is 2.04 bits per heavy atom. The van der Waals surface area contributed by atoms with Gasteiger partial charge in [0.2, 0.25) is 5.91 Å². The van der Waals surface area contributed by atoms with Gasteiger partial charge < -0.3 is 19.9 Å². The minimum absolute atomic E-state index is 0.0468. The Morgan fingerprint density at radius 3 is 2.60 bits per heavy atom. The maximum atomic E-state index is 14.3. The van der Waals surface area contributed by atoms with Gasteiger partial charge in [-0.05, 0) is 18.9 Å². The van der Waals surface area contributed by atoms with E-state index in [-0.39, 0.29) is 44.6 Å². The van der Waals surface area contributed by atoms with Crippen LogP contribution in [0, 0.1) is 11.6 Å². The highest BCUT2D eigenvalue weighted by Crippen LogP contribution is 2.37. The number of ether oxygens (including phenoxy) is 2. The van der Waals surface area contributed by atoms with Gasteiger partial charge in [0, 0.05) is 45.0 Å². The Kier molecular flexibility index (Phi) is 6.44. The maximum absolute atomic E-state index is 14.3. The fraction of sp³-hybridized carbons (Fsp3) is 0.529. The molecule has 0 spiro atoms. The standard InChI is InChI=1S/C17H21F2NO5/c1-24-7-4-14(15(21)22)20-16(23)17(5-8-25-9-6-17)12-3-2-11(18)10-13(12)19/h2-3,10,14H,4-9H2,1H3,(H,20,23)(H,21,22). The molecule has 1 aliphatic heterocycles. The van der Waals surface area contributed by atoms with Crippen LogP contribution in [0.1, 0.15) is 24.8 Å². The van der Waals surface area contributed by atoms with E-state index in [0.29, 0.717) is 0 Å². The third-order valence-corrected chi connectivity index (χ3v) is 4.44. The van der Waals surface area contributed by atoms with Crippen LogP contribution in [0.5, 0.6) is 0 Å². The number of aliphatic carboxylic acids is 1. The number of rotatable bonds is 7. The van der Waals surface area contributed by atoms with Crippen molar-refractivity contribution in [2.75, 3.05) is 26.9 Å². The molecule has 8 heteroatoms. The summed E-state index contributed by atoms with van der Waals surface area (Å²) < 4.78 is 37.7. The van der Waals surface area contributed by atoms with E-state index in [4.69, 9.17) is 9.47 Å². The van der Waals surface area contributed by atoms with E-state index in [9.17, 15) is 23.5 Å². The Hall–Kier alpha value is -2.06. The van der Waals surface area contributed by atoms with E-state index in [1.807, 2.05) is 0 Å². The number of amides is 1. The molecule has 2 N–H and O–H groups in total. The molecule has 1 aromatic rings. The third-order valence-electron chi connectivity index (χ3n) is 4.44. The molecular weight excluding hydrogens is 336 g/mol. The van der Waals surface area contributed by atoms with Gasteiger partial charge >= 0.3 is 5.97 Å². The first-order valence-corrected chi connectivity index (χ1v) is 7.96. The predicted molar refractivity (Wildman–Crippen MR) is 84.1 cm³/mol. The quantitative estimate of drug-likeness (QED) is 0.775. The minimum Gasteiger partial charge on any atom is -0.480 e. The van der Waals surface area contributed by atoms with E-state index >= 15 is 0 Å². The van der Waals surface area contributed by atoms with Crippen LogP contribution in [-0.4, -0.2) is 50.0 Å². The van der Waals surface area contributed by atoms with Crippen LogP contribution in [-0.2, 0) is 24.5 Å². The second-order valence-corrected chi connectivity index (χ2v) is 5.96. The van der Waals surface area contributed by atoms with Crippen LogP contribution >= 0.6 is 0 Å². The van der Waals surface area contributed by atoms with Crippen LogP contribution in [0.25, 0.3) is 0 Å². The summed E-state index contributed by atoms with van der Waals surface area (Å²) in [5, 5.41) is 11.7. The molecule has 1 heterocycles. The lowest BCUT2D eigenvalue weighted by molar-refractivity contribution is -0.144. The molecule has 0 bridgehead atoms. The highest BCUT2D eigenvalue weighted by atomic mass is 19.1. The molecule has 1 atom stereocenters. The fourth-order valence-corrected chi connectivity index (χ4v) is 3.01. The van der Waals surface area contributed by atoms with Gasteiger partial charge in [0.1, 0.15) is 17.7 Å². The molecule has 6 nitrogen and oxygen atoms in total. The molecule has 1 amide bonds. The van der Waals surface area contributed by atoms with Crippen molar-refractivity contribution in [3.8, 4) is 0 Å². The lowest BCUT2D eigenvalue weighted by Crippen LogP contribution is -2.53. The maximum Gasteiger partial charge on any atom is 0.326 e. The lowest BCUT2D eigenvalue weighted by atomic mass is 9.73. The Bertz CT molecular complexity index is 631. The van der Waals surface area contributed by atoms with E-state index in [1.165, 1.54) is 13.2 Å². The molecule has 1 aliphatic rings. The highest BCUT2D eigenvalue weighted by Gasteiger charge is 2.44. The summed E-state index contributed by atoms with van der Waals surface area (Å²) in [5.41, 5.74) is -1.25. The van der Waals surface area contributed by atoms with Crippen molar-refractivity contribution in [1.29, 1.82) is 0 Å². The number of carboxylic acid groups (broad SMARTS) is 1. The SMILES string of the molecule is COCCC(NC(=O)C1(c2ccc(F)cc2F)CCOCC1)C(=O)O. The zero-order chi connectivity index (χ0) is 18.4. The topological polar surface area (TPSA) is 84.9 Å². The summed E-state index contributed by atoms with van der Waals surface area (Å²) >= 11 is 0. The van der Waals surface area contributed by atoms with E-state index in [2.05, 4.69) is 5.32 Å². The Morgan fingerprint density at radius 1 is 1.36 bits per heavy atom. The van der Waals surface area contributed by atoms with E-state index in [0.717, 1.165) is 12.1 Å². The smallest absolute Gasteiger partial charge is 0.326 e. The molecule has 0 radical (unpaired) electrons. The van der Waals surface area contributed by atoms with Gasteiger partial charge in [-0.3, -0.25) is 4.79 Å². The lowest BCUT2D eigenvalue weighted by Gasteiger charge is -2.37. The van der Waals surface area contributed by atoms with Crippen molar-refractivity contribution >= 4 is 11.9 Å². The predicted octanol–water partition coefficient (Wildman–Crippen LogP) is 1.62. The largest absolute Gasteiger partial charge is 0.480 e. The molecule has 1 aromatic carbocycles. The third kappa shape index (κ3) is 4.32. The molecule has 25 heavy (non-hydrogen) atoms. The van der Waals surface area contributed by atoms with E-state index in [1.54, 1.807) is 0 Å². The summed E-state index contributed by atoms with van der Waals surface area (Å²) in [6, 6.07) is 1.89. The van der Waals surface area contributed by atoms with Crippen molar-refractivity contribution in [2.24, 2.45) is 0 Å². The first-order chi connectivity index (χ1) is 11.9. The zero-order valence-electron chi connectivity index (χ0n) is 13.9. The van der Waals surface area contributed by atoms with Gasteiger partial charge in [-0.25, -0.2) is 13.6 Å². The van der Waals surface area contributed by atoms with Gasteiger partial charge in [-0.1, -0.05) is 6.07 Å². The van der Waals surface area contributed by atoms with Crippen LogP contribution in [0.2, 0.25) is 0 Å². The van der Waals surface area contributed by atoms with Crippen molar-refractivity contribution in [1.82, 2.24) is 5.32 Å². The van der Waals surface area contributed by atoms with Crippen LogP contribution in [0.15, 0.2) is 18.2 Å². The summed E-state index contributed by atoms with van der Waals surface area (Å²) in [6.07, 6.45) is 0.437. The monoisotopic (exact) mass is 357 g/mol. The first kappa shape index (κ1) is 19.3. The first-order valence-electron chi connectivity index (χ1n) is 7.96. The van der Waals surface area contributed by atoms with E-state index < -0.39 is 35.0 Å². The summed E-state index contributed by atoms with van der Waals surface area (Å²) in [7, 11) is 1.43. The Labute approximate surface area is 144 Å². The number of halogens is 2. The van der Waals surface area contributed by atoms with Crippen molar-refractivity contribution in [3.63, 3.8) is 0 Å². The number of methoxy groups -OCH3 is 1. The van der Waals surface area contributed by atoms with Gasteiger partial charge in [0.05, 0.1) is 5.41 Å². The van der Waals surface area contributed by atoms with Gasteiger partial charge in [0.25, 0.3) is 0 Å². The van der Waals surface area contributed by atoms with Crippen LogP contribution in [0.4, 0.5) is 8.78 Å². The van der Waals surface area contributed by atoms with Crippen LogP contribution < -0.4 is 5.32 Å². The molecule has 0 aliphatic carbocycles. The molecule has 138 valence electrons. The Balaban J connectivity index is 2.32. The number of nitrogens with one attached hydrogen (secondary N) is 1. The van der Waals surface area contributed by atoms with Crippen LogP contribution in [0.3, 0.4) is 0 Å².